The van der Waals surface area contributed by atoms with E-state index in [2.05, 4.69) is 18.7 Å². The number of benzene rings is 2. The molecule has 6 nitrogen and oxygen atoms in total. The van der Waals surface area contributed by atoms with Crippen LogP contribution in [-0.2, 0) is 11.2 Å². The van der Waals surface area contributed by atoms with Crippen LogP contribution >= 0.6 is 11.3 Å². The van der Waals surface area contributed by atoms with E-state index in [4.69, 9.17) is 14.5 Å². The molecule has 2 heterocycles. The standard InChI is InChI=1S/C22H25N3O3S/c1-3-24(4-2)11-12-25(22-23-17-7-5-6-8-20(17)29-22)21(26)14-16-9-10-18-19(13-16)28-15-27-18/h5-10,13H,3-4,11-12,14-15H2,1-2H3. The Morgan fingerprint density at radius 2 is 1.86 bits per heavy atom. The predicted molar refractivity (Wildman–Crippen MR) is 116 cm³/mol. The zero-order chi connectivity index (χ0) is 20.2. The van der Waals surface area contributed by atoms with E-state index in [0.717, 1.165) is 46.3 Å². The molecule has 29 heavy (non-hydrogen) atoms. The van der Waals surface area contributed by atoms with Gasteiger partial charge in [-0.25, -0.2) is 4.98 Å². The Bertz CT molecular complexity index is 967. The van der Waals surface area contributed by atoms with Crippen molar-refractivity contribution in [2.24, 2.45) is 0 Å². The number of amides is 1. The second kappa shape index (κ2) is 8.80. The van der Waals surface area contributed by atoms with Gasteiger partial charge in [0.15, 0.2) is 16.6 Å². The average Bonchev–Trinajstić information content (AvgIpc) is 3.37. The SMILES string of the molecule is CCN(CC)CCN(C(=O)Cc1ccc2c(c1)OCO2)c1nc2ccccc2s1. The van der Waals surface area contributed by atoms with Crippen molar-refractivity contribution in [3.63, 3.8) is 0 Å². The average molecular weight is 412 g/mol. The summed E-state index contributed by atoms with van der Waals surface area (Å²) in [5.74, 6) is 1.46. The van der Waals surface area contributed by atoms with E-state index >= 15 is 0 Å². The molecule has 2 aromatic carbocycles. The van der Waals surface area contributed by atoms with Crippen molar-refractivity contribution in [1.29, 1.82) is 0 Å². The molecule has 1 aliphatic rings. The van der Waals surface area contributed by atoms with Gasteiger partial charge in [-0.15, -0.1) is 0 Å². The first-order valence-electron chi connectivity index (χ1n) is 9.94. The Hall–Kier alpha value is -2.64. The number of fused-ring (bicyclic) bond motifs is 2. The van der Waals surface area contributed by atoms with E-state index in [1.54, 1.807) is 11.3 Å². The molecule has 0 bridgehead atoms. The lowest BCUT2D eigenvalue weighted by atomic mass is 10.1. The number of likely N-dealkylation sites (N-methyl/N-ethyl adjacent to an activating group) is 1. The molecule has 0 atom stereocenters. The van der Waals surface area contributed by atoms with Crippen LogP contribution in [-0.4, -0.2) is 48.8 Å². The smallest absolute Gasteiger partial charge is 0.233 e. The third-order valence-electron chi connectivity index (χ3n) is 5.14. The summed E-state index contributed by atoms with van der Waals surface area (Å²) in [5.41, 5.74) is 1.84. The van der Waals surface area contributed by atoms with Crippen molar-refractivity contribution in [1.82, 2.24) is 9.88 Å². The fraction of sp³-hybridized carbons (Fsp3) is 0.364. The van der Waals surface area contributed by atoms with Crippen molar-refractivity contribution in [2.45, 2.75) is 20.3 Å². The van der Waals surface area contributed by atoms with Gasteiger partial charge in [0, 0.05) is 13.1 Å². The van der Waals surface area contributed by atoms with Gasteiger partial charge in [0.1, 0.15) is 0 Å². The molecule has 1 aliphatic heterocycles. The van der Waals surface area contributed by atoms with Crippen LogP contribution in [0.2, 0.25) is 0 Å². The molecular weight excluding hydrogens is 386 g/mol. The largest absolute Gasteiger partial charge is 0.454 e. The molecule has 152 valence electrons. The number of rotatable bonds is 8. The minimum Gasteiger partial charge on any atom is -0.454 e. The number of carbonyl (C=O) groups is 1. The van der Waals surface area contributed by atoms with Gasteiger partial charge in [0.25, 0.3) is 0 Å². The summed E-state index contributed by atoms with van der Waals surface area (Å²) >= 11 is 1.56. The van der Waals surface area contributed by atoms with Crippen LogP contribution in [0.1, 0.15) is 19.4 Å². The van der Waals surface area contributed by atoms with E-state index in [-0.39, 0.29) is 12.7 Å². The molecule has 0 unspecified atom stereocenters. The Labute approximate surface area is 174 Å². The normalized spacial score (nSPS) is 12.7. The molecule has 0 saturated heterocycles. The summed E-state index contributed by atoms with van der Waals surface area (Å²) in [6, 6.07) is 13.7. The lowest BCUT2D eigenvalue weighted by Crippen LogP contribution is -2.39. The number of hydrogen-bond donors (Lipinski definition) is 0. The van der Waals surface area contributed by atoms with Crippen LogP contribution in [0.25, 0.3) is 10.2 Å². The Morgan fingerprint density at radius 1 is 1.07 bits per heavy atom. The highest BCUT2D eigenvalue weighted by Gasteiger charge is 2.22. The minimum absolute atomic E-state index is 0.0371. The van der Waals surface area contributed by atoms with Crippen LogP contribution < -0.4 is 14.4 Å². The first-order chi connectivity index (χ1) is 14.2. The highest BCUT2D eigenvalue weighted by atomic mass is 32.1. The quantitative estimate of drug-likeness (QED) is 0.562. The van der Waals surface area contributed by atoms with Gasteiger partial charge in [-0.1, -0.05) is 43.4 Å². The predicted octanol–water partition coefficient (Wildman–Crippen LogP) is 3.94. The summed E-state index contributed by atoms with van der Waals surface area (Å²) in [6.07, 6.45) is 0.296. The number of ether oxygens (including phenoxy) is 2. The summed E-state index contributed by atoms with van der Waals surface area (Å²) in [4.78, 5) is 22.1. The van der Waals surface area contributed by atoms with Crippen LogP contribution in [0.5, 0.6) is 11.5 Å². The highest BCUT2D eigenvalue weighted by Crippen LogP contribution is 2.33. The van der Waals surface area contributed by atoms with E-state index in [1.165, 1.54) is 0 Å². The van der Waals surface area contributed by atoms with Crippen LogP contribution in [0.3, 0.4) is 0 Å². The number of para-hydroxylation sites is 1. The highest BCUT2D eigenvalue weighted by molar-refractivity contribution is 7.22. The molecule has 3 aromatic rings. The fourth-order valence-electron chi connectivity index (χ4n) is 3.40. The summed E-state index contributed by atoms with van der Waals surface area (Å²) < 4.78 is 11.9. The lowest BCUT2D eigenvalue weighted by Gasteiger charge is -2.24. The van der Waals surface area contributed by atoms with Crippen molar-refractivity contribution < 1.29 is 14.3 Å². The third kappa shape index (κ3) is 4.36. The number of carbonyl (C=O) groups excluding carboxylic acids is 1. The maximum absolute atomic E-state index is 13.3. The Kier molecular flexibility index (Phi) is 5.97. The summed E-state index contributed by atoms with van der Waals surface area (Å²) in [6.45, 7) is 7.86. The van der Waals surface area contributed by atoms with E-state index in [0.29, 0.717) is 18.7 Å². The fourth-order valence-corrected chi connectivity index (χ4v) is 4.41. The Morgan fingerprint density at radius 3 is 2.66 bits per heavy atom. The zero-order valence-electron chi connectivity index (χ0n) is 16.8. The summed E-state index contributed by atoms with van der Waals surface area (Å²) in [5, 5.41) is 0.754. The number of hydrogen-bond acceptors (Lipinski definition) is 6. The molecule has 0 spiro atoms. The first-order valence-corrected chi connectivity index (χ1v) is 10.8. The molecule has 0 radical (unpaired) electrons. The molecule has 7 heteroatoms. The minimum atomic E-state index is 0.0371. The van der Waals surface area contributed by atoms with Gasteiger partial charge in [-0.05, 0) is 42.9 Å². The molecule has 1 amide bonds. The number of thiazole rings is 1. The maximum Gasteiger partial charge on any atom is 0.233 e. The third-order valence-corrected chi connectivity index (χ3v) is 6.20. The van der Waals surface area contributed by atoms with E-state index in [1.807, 2.05) is 47.4 Å². The zero-order valence-corrected chi connectivity index (χ0v) is 17.6. The second-order valence-electron chi connectivity index (χ2n) is 6.90. The van der Waals surface area contributed by atoms with Crippen molar-refractivity contribution in [3.05, 3.63) is 48.0 Å². The van der Waals surface area contributed by atoms with Gasteiger partial charge in [0.05, 0.1) is 16.6 Å². The van der Waals surface area contributed by atoms with Gasteiger partial charge >= 0.3 is 0 Å². The molecule has 0 saturated carbocycles. The van der Waals surface area contributed by atoms with Gasteiger partial charge in [0.2, 0.25) is 12.7 Å². The van der Waals surface area contributed by atoms with E-state index < -0.39 is 0 Å². The lowest BCUT2D eigenvalue weighted by molar-refractivity contribution is -0.118. The Balaban J connectivity index is 1.57. The van der Waals surface area contributed by atoms with Crippen molar-refractivity contribution >= 4 is 32.6 Å². The van der Waals surface area contributed by atoms with Crippen LogP contribution in [0, 0.1) is 0 Å². The molecular formula is C22H25N3O3S. The van der Waals surface area contributed by atoms with Crippen LogP contribution in [0.4, 0.5) is 5.13 Å². The summed E-state index contributed by atoms with van der Waals surface area (Å²) in [7, 11) is 0. The molecule has 4 rings (SSSR count). The maximum atomic E-state index is 13.3. The number of nitrogens with zero attached hydrogens (tertiary/aromatic N) is 3. The molecule has 0 fully saturated rings. The van der Waals surface area contributed by atoms with Gasteiger partial charge < -0.3 is 14.4 Å². The molecule has 0 N–H and O–H groups in total. The molecule has 1 aromatic heterocycles. The number of anilines is 1. The monoisotopic (exact) mass is 411 g/mol. The number of aromatic nitrogens is 1. The van der Waals surface area contributed by atoms with Crippen LogP contribution in [0.15, 0.2) is 42.5 Å². The van der Waals surface area contributed by atoms with E-state index in [9.17, 15) is 4.79 Å². The van der Waals surface area contributed by atoms with Crippen molar-refractivity contribution in [2.75, 3.05) is 37.9 Å². The molecule has 0 aliphatic carbocycles. The van der Waals surface area contributed by atoms with Crippen molar-refractivity contribution in [3.8, 4) is 11.5 Å². The topological polar surface area (TPSA) is 54.9 Å². The first kappa shape index (κ1) is 19.7. The second-order valence-corrected chi connectivity index (χ2v) is 7.91. The van der Waals surface area contributed by atoms with Gasteiger partial charge in [-0.3, -0.25) is 9.69 Å². The van der Waals surface area contributed by atoms with Gasteiger partial charge in [-0.2, -0.15) is 0 Å².